The maximum atomic E-state index is 13.9. The zero-order valence-electron chi connectivity index (χ0n) is 30.0. The van der Waals surface area contributed by atoms with E-state index < -0.39 is 12.1 Å². The zero-order valence-corrected chi connectivity index (χ0v) is 30.0. The minimum absolute atomic E-state index is 0.196. The van der Waals surface area contributed by atoms with Crippen LogP contribution in [0, 0.1) is 19.8 Å². The lowest BCUT2D eigenvalue weighted by atomic mass is 9.95. The predicted octanol–water partition coefficient (Wildman–Crippen LogP) is 5.75. The van der Waals surface area contributed by atoms with E-state index in [4.69, 9.17) is 18.9 Å². The largest absolute Gasteiger partial charge is 0.494 e. The van der Waals surface area contributed by atoms with E-state index in [1.165, 1.54) is 20.1 Å². The summed E-state index contributed by atoms with van der Waals surface area (Å²) in [6.45, 7) is 9.14. The van der Waals surface area contributed by atoms with Crippen LogP contribution < -0.4 is 40.3 Å². The molecule has 1 aliphatic carbocycles. The molecule has 0 spiro atoms. The molecule has 5 rings (SSSR count). The minimum atomic E-state index is -0.774. The van der Waals surface area contributed by atoms with E-state index in [1.54, 1.807) is 44.2 Å². The summed E-state index contributed by atoms with van der Waals surface area (Å²) in [6.07, 6.45) is 1.11. The van der Waals surface area contributed by atoms with E-state index in [2.05, 4.69) is 21.0 Å². The van der Waals surface area contributed by atoms with Gasteiger partial charge in [-0.1, -0.05) is 19.9 Å². The second kappa shape index (κ2) is 14.9. The Morgan fingerprint density at radius 2 is 1.62 bits per heavy atom. The van der Waals surface area contributed by atoms with Crippen molar-refractivity contribution in [2.45, 2.75) is 59.5 Å². The first kappa shape index (κ1) is 35.8. The van der Waals surface area contributed by atoms with Gasteiger partial charge in [0.15, 0.2) is 11.5 Å². The lowest BCUT2D eigenvalue weighted by Crippen LogP contribution is -2.39. The average Bonchev–Trinajstić information content (AvgIpc) is 3.24. The first-order chi connectivity index (χ1) is 23.9. The Morgan fingerprint density at radius 1 is 0.900 bits per heavy atom. The number of rotatable bonds is 11. The standard InChI is InChI=1S/C38H45N5O7/c1-20(2)35(38(46)40-25-11-15-30(32(18-25)47-6)43-22(4)16-21(3)42-43)41-29-14-12-26-27(19-31(29)45)28(39-23(5)44)13-10-24-17-33(48-7)36(49-8)37(50-9)34(24)26/h11-12,14-20,28,35H,10,13H2,1-9H3,(H,39,44)(H,40,46)(H,41,45)/t28-,35-/m1/s1. The van der Waals surface area contributed by atoms with Crippen molar-refractivity contribution in [3.05, 3.63) is 81.3 Å². The van der Waals surface area contributed by atoms with Gasteiger partial charge in [0.2, 0.25) is 23.0 Å². The van der Waals surface area contributed by atoms with Crippen LogP contribution in [0.2, 0.25) is 0 Å². The fraction of sp³-hybridized carbons (Fsp3) is 0.368. The van der Waals surface area contributed by atoms with Crippen molar-refractivity contribution in [1.82, 2.24) is 15.1 Å². The highest BCUT2D eigenvalue weighted by molar-refractivity contribution is 5.97. The normalized spacial score (nSPS) is 14.1. The van der Waals surface area contributed by atoms with Crippen molar-refractivity contribution in [1.29, 1.82) is 0 Å². The highest BCUT2D eigenvalue weighted by Gasteiger charge is 2.30. The van der Waals surface area contributed by atoms with Crippen molar-refractivity contribution < 1.29 is 28.5 Å². The van der Waals surface area contributed by atoms with Gasteiger partial charge in [-0.05, 0) is 85.7 Å². The predicted molar refractivity (Wildman–Crippen MR) is 193 cm³/mol. The van der Waals surface area contributed by atoms with Gasteiger partial charge in [0.05, 0.1) is 45.9 Å². The second-order valence-corrected chi connectivity index (χ2v) is 12.7. The maximum Gasteiger partial charge on any atom is 0.247 e. The van der Waals surface area contributed by atoms with Crippen LogP contribution in [0.3, 0.4) is 0 Å². The van der Waals surface area contributed by atoms with Gasteiger partial charge in [0, 0.05) is 29.9 Å². The van der Waals surface area contributed by atoms with Gasteiger partial charge in [-0.25, -0.2) is 4.68 Å². The molecule has 50 heavy (non-hydrogen) atoms. The number of ether oxygens (including phenoxy) is 4. The summed E-state index contributed by atoms with van der Waals surface area (Å²) in [7, 11) is 6.22. The summed E-state index contributed by atoms with van der Waals surface area (Å²) in [4.78, 5) is 40.1. The number of nitrogens with zero attached hydrogens (tertiary/aromatic N) is 2. The summed E-state index contributed by atoms with van der Waals surface area (Å²) < 4.78 is 24.6. The van der Waals surface area contributed by atoms with Gasteiger partial charge in [0.25, 0.3) is 0 Å². The van der Waals surface area contributed by atoms with E-state index >= 15 is 0 Å². The second-order valence-electron chi connectivity index (χ2n) is 12.7. The van der Waals surface area contributed by atoms with Crippen LogP contribution in [0.1, 0.15) is 55.7 Å². The highest BCUT2D eigenvalue weighted by atomic mass is 16.5. The number of aryl methyl sites for hydroxylation is 3. The Labute approximate surface area is 292 Å². The van der Waals surface area contributed by atoms with Crippen molar-refractivity contribution in [2.75, 3.05) is 39.1 Å². The van der Waals surface area contributed by atoms with Crippen LogP contribution >= 0.6 is 0 Å². The molecule has 264 valence electrons. The molecule has 0 saturated carbocycles. The quantitative estimate of drug-likeness (QED) is 0.180. The lowest BCUT2D eigenvalue weighted by molar-refractivity contribution is -0.120. The third-order valence-corrected chi connectivity index (χ3v) is 8.86. The Hall–Kier alpha value is -5.52. The molecular formula is C38H45N5O7. The molecule has 0 unspecified atom stereocenters. The van der Waals surface area contributed by atoms with Gasteiger partial charge in [-0.15, -0.1) is 0 Å². The number of aromatic nitrogens is 2. The first-order valence-electron chi connectivity index (χ1n) is 16.5. The number of hydrogen-bond donors (Lipinski definition) is 3. The number of fused-ring (bicyclic) bond motifs is 3. The first-order valence-corrected chi connectivity index (χ1v) is 16.5. The van der Waals surface area contributed by atoms with Gasteiger partial charge >= 0.3 is 0 Å². The van der Waals surface area contributed by atoms with Crippen LogP contribution in [-0.2, 0) is 16.0 Å². The summed E-state index contributed by atoms with van der Waals surface area (Å²) in [5.74, 6) is 1.19. The third-order valence-electron chi connectivity index (χ3n) is 8.86. The molecule has 0 bridgehead atoms. The summed E-state index contributed by atoms with van der Waals surface area (Å²) in [5.41, 5.74) is 5.98. The molecule has 1 aromatic heterocycles. The molecule has 1 aliphatic rings. The summed E-state index contributed by atoms with van der Waals surface area (Å²) in [6, 6.07) is 13.0. The molecule has 1 heterocycles. The maximum absolute atomic E-state index is 13.9. The number of hydrogen-bond acceptors (Lipinski definition) is 9. The lowest BCUT2D eigenvalue weighted by Gasteiger charge is -2.22. The van der Waals surface area contributed by atoms with Crippen LogP contribution in [0.4, 0.5) is 11.4 Å². The van der Waals surface area contributed by atoms with E-state index in [-0.39, 0.29) is 28.8 Å². The van der Waals surface area contributed by atoms with Crippen LogP contribution in [0.25, 0.3) is 16.8 Å². The molecule has 0 radical (unpaired) electrons. The molecule has 0 aliphatic heterocycles. The minimum Gasteiger partial charge on any atom is -0.494 e. The van der Waals surface area contributed by atoms with Gasteiger partial charge in [0.1, 0.15) is 17.5 Å². The third kappa shape index (κ3) is 7.10. The van der Waals surface area contributed by atoms with E-state index in [0.717, 1.165) is 28.2 Å². The Balaban J connectivity index is 1.53. The molecule has 0 saturated heterocycles. The highest BCUT2D eigenvalue weighted by Crippen LogP contribution is 2.50. The monoisotopic (exact) mass is 683 g/mol. The Bertz CT molecular complexity index is 1990. The van der Waals surface area contributed by atoms with Gasteiger partial charge < -0.3 is 34.9 Å². The smallest absolute Gasteiger partial charge is 0.247 e. The summed E-state index contributed by atoms with van der Waals surface area (Å²) in [5, 5.41) is 13.8. The molecule has 2 atom stereocenters. The van der Waals surface area contributed by atoms with Crippen molar-refractivity contribution in [2.24, 2.45) is 5.92 Å². The number of carbonyl (C=O) groups excluding carboxylic acids is 2. The molecule has 4 aromatic rings. The molecule has 3 N–H and O–H groups in total. The fourth-order valence-corrected chi connectivity index (χ4v) is 6.55. The van der Waals surface area contributed by atoms with Crippen LogP contribution in [0.15, 0.2) is 53.3 Å². The number of nitrogens with one attached hydrogen (secondary N) is 3. The SMILES string of the molecule is COc1cc(NC(=O)[C@H](Nc2ccc3c(cc2=O)[C@H](NC(C)=O)CCc2cc(OC)c(OC)c(OC)c2-3)C(C)C)ccc1-n1nc(C)cc1C. The molecule has 0 fully saturated rings. The van der Waals surface area contributed by atoms with E-state index in [0.29, 0.717) is 52.7 Å². The summed E-state index contributed by atoms with van der Waals surface area (Å²) >= 11 is 0. The average molecular weight is 684 g/mol. The topological polar surface area (TPSA) is 142 Å². The number of anilines is 2. The number of methoxy groups -OCH3 is 4. The number of amides is 2. The Morgan fingerprint density at radius 3 is 2.22 bits per heavy atom. The fourth-order valence-electron chi connectivity index (χ4n) is 6.55. The molecule has 12 nitrogen and oxygen atoms in total. The number of benzene rings is 2. The van der Waals surface area contributed by atoms with Crippen molar-refractivity contribution >= 4 is 23.2 Å². The molecule has 2 amide bonds. The van der Waals surface area contributed by atoms with Crippen LogP contribution in [-0.4, -0.2) is 56.1 Å². The zero-order chi connectivity index (χ0) is 36.3. The molecule has 12 heteroatoms. The van der Waals surface area contributed by atoms with Gasteiger partial charge in [-0.2, -0.15) is 5.10 Å². The van der Waals surface area contributed by atoms with E-state index in [1.807, 2.05) is 52.0 Å². The van der Waals surface area contributed by atoms with Crippen molar-refractivity contribution in [3.63, 3.8) is 0 Å². The number of carbonyl (C=O) groups is 2. The van der Waals surface area contributed by atoms with Crippen molar-refractivity contribution in [3.8, 4) is 39.8 Å². The Kier molecular flexibility index (Phi) is 10.7. The van der Waals surface area contributed by atoms with E-state index in [9.17, 15) is 14.4 Å². The molecular weight excluding hydrogens is 638 g/mol. The van der Waals surface area contributed by atoms with Gasteiger partial charge in [-0.3, -0.25) is 14.4 Å². The van der Waals surface area contributed by atoms with Crippen LogP contribution in [0.5, 0.6) is 23.0 Å². The molecule has 3 aromatic carbocycles.